The number of fused-ring (bicyclic) bond motifs is 1. The average Bonchev–Trinajstić information content (AvgIpc) is 2.87. The van der Waals surface area contributed by atoms with Gasteiger partial charge in [-0.2, -0.15) is 0 Å². The van der Waals surface area contributed by atoms with E-state index in [4.69, 9.17) is 5.73 Å². The molecule has 1 saturated carbocycles. The molecule has 1 aromatic heterocycles. The zero-order valence-electron chi connectivity index (χ0n) is 16.2. The van der Waals surface area contributed by atoms with Gasteiger partial charge in [0.15, 0.2) is 0 Å². The first-order valence-corrected chi connectivity index (χ1v) is 10.4. The third-order valence-corrected chi connectivity index (χ3v) is 6.30. The molecule has 1 aliphatic carbocycles. The number of hydrogen-bond donors (Lipinski definition) is 2. The molecule has 1 saturated heterocycles. The second kappa shape index (κ2) is 8.15. The Bertz CT molecular complexity index is 804. The van der Waals surface area contributed by atoms with Crippen molar-refractivity contribution >= 4 is 22.4 Å². The molecule has 7 heteroatoms. The molecule has 2 heterocycles. The Morgan fingerprint density at radius 3 is 2.75 bits per heavy atom. The molecule has 0 amide bonds. The summed E-state index contributed by atoms with van der Waals surface area (Å²) in [6.45, 7) is 2.22. The number of nitrogens with two attached hydrogens (primary N) is 1. The first-order valence-electron chi connectivity index (χ1n) is 10.4. The van der Waals surface area contributed by atoms with Gasteiger partial charge in [-0.25, -0.2) is 18.7 Å². The Labute approximate surface area is 164 Å². The summed E-state index contributed by atoms with van der Waals surface area (Å²) >= 11 is 0. The maximum atomic E-state index is 13.6. The highest BCUT2D eigenvalue weighted by Gasteiger charge is 2.34. The Morgan fingerprint density at radius 2 is 1.93 bits per heavy atom. The van der Waals surface area contributed by atoms with Crippen LogP contribution in [-0.2, 0) is 0 Å². The predicted molar refractivity (Wildman–Crippen MR) is 109 cm³/mol. The number of hydrogen-bond acceptors (Lipinski definition) is 5. The molecule has 28 heavy (non-hydrogen) atoms. The summed E-state index contributed by atoms with van der Waals surface area (Å²) < 4.78 is 27.2. The van der Waals surface area contributed by atoms with Crippen molar-refractivity contribution in [2.75, 3.05) is 30.7 Å². The van der Waals surface area contributed by atoms with Crippen molar-refractivity contribution in [3.8, 4) is 0 Å². The van der Waals surface area contributed by atoms with Gasteiger partial charge < -0.3 is 16.0 Å². The standard InChI is InChI=1S/C21H29F2N5/c22-21(23)8-1-10-28(11-9-21)17-5-2-15(3-6-17)13-25-20-18-12-16(24)4-7-19(18)26-14-27-20/h4,7,12,14-15,17H,1-3,5-6,8-11,13,24H2,(H,25,26,27). The number of nitrogens with one attached hydrogen (secondary N) is 1. The highest BCUT2D eigenvalue weighted by Crippen LogP contribution is 2.33. The van der Waals surface area contributed by atoms with E-state index in [0.29, 0.717) is 30.6 Å². The lowest BCUT2D eigenvalue weighted by Crippen LogP contribution is -2.39. The van der Waals surface area contributed by atoms with Gasteiger partial charge in [0.2, 0.25) is 5.92 Å². The minimum atomic E-state index is -2.47. The fraction of sp³-hybridized carbons (Fsp3) is 0.619. The number of alkyl halides is 2. The second-order valence-corrected chi connectivity index (χ2v) is 8.30. The van der Waals surface area contributed by atoms with Crippen molar-refractivity contribution in [1.29, 1.82) is 0 Å². The number of benzene rings is 1. The molecule has 0 bridgehead atoms. The van der Waals surface area contributed by atoms with Crippen molar-refractivity contribution in [3.05, 3.63) is 24.5 Å². The van der Waals surface area contributed by atoms with Crippen LogP contribution in [0.5, 0.6) is 0 Å². The fourth-order valence-corrected chi connectivity index (χ4v) is 4.62. The van der Waals surface area contributed by atoms with Crippen LogP contribution in [0.15, 0.2) is 24.5 Å². The number of rotatable bonds is 4. The SMILES string of the molecule is Nc1ccc2ncnc(NCC3CCC(N4CCCC(F)(F)CC4)CC3)c2c1. The smallest absolute Gasteiger partial charge is 0.249 e. The number of halogens is 2. The molecule has 2 aromatic rings. The van der Waals surface area contributed by atoms with Crippen LogP contribution in [0.3, 0.4) is 0 Å². The Hall–Kier alpha value is -2.02. The van der Waals surface area contributed by atoms with Gasteiger partial charge in [-0.1, -0.05) is 0 Å². The summed E-state index contributed by atoms with van der Waals surface area (Å²) in [7, 11) is 0. The Kier molecular flexibility index (Phi) is 5.62. The van der Waals surface area contributed by atoms with Crippen molar-refractivity contribution in [3.63, 3.8) is 0 Å². The van der Waals surface area contributed by atoms with Crippen LogP contribution in [-0.4, -0.2) is 46.5 Å². The van der Waals surface area contributed by atoms with Crippen LogP contribution in [0.2, 0.25) is 0 Å². The van der Waals surface area contributed by atoms with Crippen LogP contribution in [0.1, 0.15) is 44.9 Å². The van der Waals surface area contributed by atoms with Gasteiger partial charge in [0.1, 0.15) is 12.1 Å². The quantitative estimate of drug-likeness (QED) is 0.763. The molecule has 5 nitrogen and oxygen atoms in total. The van der Waals surface area contributed by atoms with Crippen molar-refractivity contribution in [2.45, 2.75) is 56.9 Å². The number of nitrogens with zero attached hydrogens (tertiary/aromatic N) is 3. The van der Waals surface area contributed by atoms with Crippen molar-refractivity contribution in [1.82, 2.24) is 14.9 Å². The van der Waals surface area contributed by atoms with E-state index in [9.17, 15) is 8.78 Å². The van der Waals surface area contributed by atoms with E-state index in [1.54, 1.807) is 6.33 Å². The summed E-state index contributed by atoms with van der Waals surface area (Å²) in [5, 5.41) is 4.43. The normalized spacial score (nSPS) is 26.1. The van der Waals surface area contributed by atoms with Crippen LogP contribution in [0.25, 0.3) is 10.9 Å². The zero-order chi connectivity index (χ0) is 19.6. The molecule has 0 atom stereocenters. The molecular weight excluding hydrogens is 360 g/mol. The number of aromatic nitrogens is 2. The molecule has 0 unspecified atom stereocenters. The van der Waals surface area contributed by atoms with E-state index in [2.05, 4.69) is 20.2 Å². The van der Waals surface area contributed by atoms with E-state index < -0.39 is 5.92 Å². The highest BCUT2D eigenvalue weighted by molar-refractivity contribution is 5.91. The number of likely N-dealkylation sites (tertiary alicyclic amines) is 1. The van der Waals surface area contributed by atoms with Crippen LogP contribution >= 0.6 is 0 Å². The van der Waals surface area contributed by atoms with Gasteiger partial charge in [-0.3, -0.25) is 0 Å². The van der Waals surface area contributed by atoms with Gasteiger partial charge in [-0.15, -0.1) is 0 Å². The predicted octanol–water partition coefficient (Wildman–Crippen LogP) is 4.30. The molecule has 152 valence electrons. The van der Waals surface area contributed by atoms with E-state index >= 15 is 0 Å². The summed E-state index contributed by atoms with van der Waals surface area (Å²) in [6.07, 6.45) is 6.67. The van der Waals surface area contributed by atoms with Gasteiger partial charge in [0.05, 0.1) is 5.52 Å². The number of anilines is 2. The topological polar surface area (TPSA) is 67.1 Å². The van der Waals surface area contributed by atoms with Crippen molar-refractivity contribution in [2.24, 2.45) is 5.92 Å². The monoisotopic (exact) mass is 389 g/mol. The molecule has 3 N–H and O–H groups in total. The van der Waals surface area contributed by atoms with Crippen LogP contribution < -0.4 is 11.1 Å². The molecule has 1 aromatic carbocycles. The van der Waals surface area contributed by atoms with Gasteiger partial charge in [-0.05, 0) is 62.8 Å². The maximum Gasteiger partial charge on any atom is 0.249 e. The fourth-order valence-electron chi connectivity index (χ4n) is 4.62. The lowest BCUT2D eigenvalue weighted by Gasteiger charge is -2.36. The van der Waals surface area contributed by atoms with E-state index in [1.807, 2.05) is 18.2 Å². The summed E-state index contributed by atoms with van der Waals surface area (Å²) in [4.78, 5) is 11.0. The molecule has 1 aliphatic heterocycles. The minimum Gasteiger partial charge on any atom is -0.399 e. The molecule has 2 aliphatic rings. The third-order valence-electron chi connectivity index (χ3n) is 6.30. The summed E-state index contributed by atoms with van der Waals surface area (Å²) in [5.41, 5.74) is 7.50. The van der Waals surface area contributed by atoms with Crippen molar-refractivity contribution < 1.29 is 8.78 Å². The van der Waals surface area contributed by atoms with E-state index in [0.717, 1.165) is 55.5 Å². The Morgan fingerprint density at radius 1 is 1.11 bits per heavy atom. The molecule has 4 rings (SSSR count). The Balaban J connectivity index is 1.30. The van der Waals surface area contributed by atoms with Crippen LogP contribution in [0, 0.1) is 5.92 Å². The zero-order valence-corrected chi connectivity index (χ0v) is 16.2. The number of nitrogen functional groups attached to an aromatic ring is 1. The summed E-state index contributed by atoms with van der Waals surface area (Å²) in [5.74, 6) is -1.07. The highest BCUT2D eigenvalue weighted by atomic mass is 19.3. The molecule has 0 radical (unpaired) electrons. The van der Waals surface area contributed by atoms with E-state index in [1.165, 1.54) is 0 Å². The third kappa shape index (κ3) is 4.51. The maximum absolute atomic E-state index is 13.6. The lowest BCUT2D eigenvalue weighted by atomic mass is 9.85. The van der Waals surface area contributed by atoms with Gasteiger partial charge in [0.25, 0.3) is 0 Å². The minimum absolute atomic E-state index is 0.0123. The second-order valence-electron chi connectivity index (χ2n) is 8.30. The molecule has 2 fully saturated rings. The summed E-state index contributed by atoms with van der Waals surface area (Å²) in [6, 6.07) is 6.13. The van der Waals surface area contributed by atoms with E-state index in [-0.39, 0.29) is 12.8 Å². The van der Waals surface area contributed by atoms with Gasteiger partial charge in [0, 0.05) is 43.0 Å². The largest absolute Gasteiger partial charge is 0.399 e. The molecule has 0 spiro atoms. The van der Waals surface area contributed by atoms with Crippen LogP contribution in [0.4, 0.5) is 20.3 Å². The first-order chi connectivity index (χ1) is 13.5. The van der Waals surface area contributed by atoms with Gasteiger partial charge >= 0.3 is 0 Å². The average molecular weight is 389 g/mol. The lowest BCUT2D eigenvalue weighted by molar-refractivity contribution is -0.0146. The molecular formula is C21H29F2N5. The first kappa shape index (κ1) is 19.3.